The summed E-state index contributed by atoms with van der Waals surface area (Å²) >= 11 is 3.72. The lowest BCUT2D eigenvalue weighted by Crippen LogP contribution is -2.22. The first-order valence-electron chi connectivity index (χ1n) is 7.94. The number of nitrogens with two attached hydrogens (primary N) is 1. The molecule has 116 valence electrons. The van der Waals surface area contributed by atoms with Gasteiger partial charge in [-0.1, -0.05) is 0 Å². The maximum absolute atomic E-state index is 5.91. The Morgan fingerprint density at radius 1 is 1.38 bits per heavy atom. The molecule has 0 bridgehead atoms. The first-order valence-corrected chi connectivity index (χ1v) is 8.73. The zero-order valence-corrected chi connectivity index (χ0v) is 14.6. The molecule has 2 atom stereocenters. The fourth-order valence-corrected chi connectivity index (χ4v) is 4.71. The van der Waals surface area contributed by atoms with E-state index in [1.807, 2.05) is 0 Å². The minimum atomic E-state index is 0.442. The van der Waals surface area contributed by atoms with Crippen molar-refractivity contribution in [3.8, 4) is 5.75 Å². The second-order valence-electron chi connectivity index (χ2n) is 6.44. The lowest BCUT2D eigenvalue weighted by molar-refractivity contribution is 0.300. The molecule has 1 fully saturated rings. The van der Waals surface area contributed by atoms with Crippen molar-refractivity contribution in [3.05, 3.63) is 27.2 Å². The van der Waals surface area contributed by atoms with Gasteiger partial charge in [0.2, 0.25) is 0 Å². The van der Waals surface area contributed by atoms with Gasteiger partial charge < -0.3 is 10.5 Å². The van der Waals surface area contributed by atoms with Gasteiger partial charge in [-0.3, -0.25) is 4.90 Å². The molecule has 4 heteroatoms. The van der Waals surface area contributed by atoms with Crippen LogP contribution in [-0.4, -0.2) is 32.1 Å². The van der Waals surface area contributed by atoms with E-state index >= 15 is 0 Å². The Bertz CT molecular complexity index is 532. The Labute approximate surface area is 136 Å². The molecule has 0 saturated carbocycles. The summed E-state index contributed by atoms with van der Waals surface area (Å²) in [6.45, 7) is 1.87. The molecule has 2 unspecified atom stereocenters. The fraction of sp³-hybridized carbons (Fsp3) is 0.647. The van der Waals surface area contributed by atoms with E-state index in [1.165, 1.54) is 42.4 Å². The molecule has 1 saturated heterocycles. The number of hydrogen-bond acceptors (Lipinski definition) is 3. The molecule has 1 aliphatic carbocycles. The van der Waals surface area contributed by atoms with Crippen LogP contribution in [0.15, 0.2) is 10.5 Å². The van der Waals surface area contributed by atoms with Crippen LogP contribution in [0.25, 0.3) is 0 Å². The standard InChI is InChI=1S/C17H25BrN2O/c1-20-10-11(9-19)7-15(20)16-13-6-4-3-5-12(13)8-14(18)17(16)21-2/h8,11,15H,3-7,9-10,19H2,1-2H3. The molecule has 0 amide bonds. The van der Waals surface area contributed by atoms with Gasteiger partial charge in [-0.2, -0.15) is 0 Å². The van der Waals surface area contributed by atoms with Crippen LogP contribution in [0, 0.1) is 5.92 Å². The van der Waals surface area contributed by atoms with E-state index < -0.39 is 0 Å². The Morgan fingerprint density at radius 3 is 2.81 bits per heavy atom. The highest BCUT2D eigenvalue weighted by atomic mass is 79.9. The van der Waals surface area contributed by atoms with Crippen molar-refractivity contribution in [2.45, 2.75) is 38.1 Å². The van der Waals surface area contributed by atoms with E-state index in [4.69, 9.17) is 10.5 Å². The van der Waals surface area contributed by atoms with Crippen LogP contribution in [0.2, 0.25) is 0 Å². The molecule has 0 spiro atoms. The summed E-state index contributed by atoms with van der Waals surface area (Å²) < 4.78 is 6.87. The summed E-state index contributed by atoms with van der Waals surface area (Å²) in [5.41, 5.74) is 10.4. The number of methoxy groups -OCH3 is 1. The molecule has 3 rings (SSSR count). The second kappa shape index (κ2) is 6.27. The van der Waals surface area contributed by atoms with Crippen LogP contribution in [0.1, 0.15) is 42.0 Å². The van der Waals surface area contributed by atoms with Gasteiger partial charge in [0.25, 0.3) is 0 Å². The number of ether oxygens (including phenoxy) is 1. The van der Waals surface area contributed by atoms with Crippen molar-refractivity contribution in [2.75, 3.05) is 27.2 Å². The smallest absolute Gasteiger partial charge is 0.138 e. The van der Waals surface area contributed by atoms with Crippen LogP contribution in [-0.2, 0) is 12.8 Å². The molecular weight excluding hydrogens is 328 g/mol. The summed E-state index contributed by atoms with van der Waals surface area (Å²) in [6, 6.07) is 2.71. The van der Waals surface area contributed by atoms with Crippen LogP contribution in [0.4, 0.5) is 0 Å². The first-order chi connectivity index (χ1) is 10.2. The van der Waals surface area contributed by atoms with Gasteiger partial charge in [-0.25, -0.2) is 0 Å². The molecule has 1 aromatic rings. The Morgan fingerprint density at radius 2 is 2.14 bits per heavy atom. The topological polar surface area (TPSA) is 38.5 Å². The number of hydrogen-bond donors (Lipinski definition) is 1. The molecule has 2 N–H and O–H groups in total. The first kappa shape index (κ1) is 15.3. The molecule has 1 aliphatic heterocycles. The predicted octanol–water partition coefficient (Wildman–Crippen LogP) is 3.29. The SMILES string of the molecule is COc1c(Br)cc2c(c1C1CC(CN)CN1C)CCCC2. The van der Waals surface area contributed by atoms with Gasteiger partial charge in [-0.05, 0) is 84.7 Å². The maximum Gasteiger partial charge on any atom is 0.138 e. The Kier molecular flexibility index (Phi) is 4.57. The average molecular weight is 353 g/mol. The van der Waals surface area contributed by atoms with Gasteiger partial charge >= 0.3 is 0 Å². The third kappa shape index (κ3) is 2.73. The maximum atomic E-state index is 5.91. The Balaban J connectivity index is 2.09. The largest absolute Gasteiger partial charge is 0.495 e. The van der Waals surface area contributed by atoms with Crippen LogP contribution >= 0.6 is 15.9 Å². The van der Waals surface area contributed by atoms with E-state index in [0.717, 1.165) is 29.7 Å². The van der Waals surface area contributed by atoms with Crippen molar-refractivity contribution in [2.24, 2.45) is 11.7 Å². The van der Waals surface area contributed by atoms with E-state index in [0.29, 0.717) is 12.0 Å². The molecule has 1 heterocycles. The predicted molar refractivity (Wildman–Crippen MR) is 89.9 cm³/mol. The van der Waals surface area contributed by atoms with E-state index in [1.54, 1.807) is 7.11 Å². The average Bonchev–Trinajstić information content (AvgIpc) is 2.86. The molecule has 0 aromatic heterocycles. The summed E-state index contributed by atoms with van der Waals surface area (Å²) in [6.07, 6.45) is 6.12. The van der Waals surface area contributed by atoms with E-state index in [-0.39, 0.29) is 0 Å². The van der Waals surface area contributed by atoms with Gasteiger partial charge in [0.05, 0.1) is 11.6 Å². The van der Waals surface area contributed by atoms with Crippen LogP contribution in [0.5, 0.6) is 5.75 Å². The van der Waals surface area contributed by atoms with Crippen molar-refractivity contribution in [1.29, 1.82) is 0 Å². The molecule has 21 heavy (non-hydrogen) atoms. The number of aryl methyl sites for hydroxylation is 1. The number of benzene rings is 1. The molecule has 3 nitrogen and oxygen atoms in total. The highest BCUT2D eigenvalue weighted by Gasteiger charge is 2.35. The van der Waals surface area contributed by atoms with E-state index in [2.05, 4.69) is 33.9 Å². The van der Waals surface area contributed by atoms with Crippen molar-refractivity contribution < 1.29 is 4.74 Å². The van der Waals surface area contributed by atoms with Gasteiger partial charge in [-0.15, -0.1) is 0 Å². The minimum absolute atomic E-state index is 0.442. The van der Waals surface area contributed by atoms with Crippen LogP contribution in [0.3, 0.4) is 0 Å². The van der Waals surface area contributed by atoms with Gasteiger partial charge in [0.15, 0.2) is 0 Å². The summed E-state index contributed by atoms with van der Waals surface area (Å²) in [5, 5.41) is 0. The monoisotopic (exact) mass is 352 g/mol. The quantitative estimate of drug-likeness (QED) is 0.906. The Hall–Kier alpha value is -0.580. The number of likely N-dealkylation sites (tertiary alicyclic amines) is 1. The highest BCUT2D eigenvalue weighted by molar-refractivity contribution is 9.10. The summed E-state index contributed by atoms with van der Waals surface area (Å²) in [5.74, 6) is 1.63. The minimum Gasteiger partial charge on any atom is -0.495 e. The molecule has 2 aliphatic rings. The number of fused-ring (bicyclic) bond motifs is 1. The summed E-state index contributed by atoms with van der Waals surface area (Å²) in [4.78, 5) is 2.46. The number of nitrogens with zero attached hydrogens (tertiary/aromatic N) is 1. The molecule has 0 radical (unpaired) electrons. The lowest BCUT2D eigenvalue weighted by Gasteiger charge is -2.29. The highest BCUT2D eigenvalue weighted by Crippen LogP contribution is 2.46. The third-order valence-corrected chi connectivity index (χ3v) is 5.69. The van der Waals surface area contributed by atoms with Crippen molar-refractivity contribution in [1.82, 2.24) is 4.90 Å². The fourth-order valence-electron chi connectivity index (χ4n) is 4.05. The zero-order chi connectivity index (χ0) is 15.0. The van der Waals surface area contributed by atoms with Crippen molar-refractivity contribution in [3.63, 3.8) is 0 Å². The van der Waals surface area contributed by atoms with Crippen LogP contribution < -0.4 is 10.5 Å². The zero-order valence-electron chi connectivity index (χ0n) is 13.0. The molecule has 1 aromatic carbocycles. The number of rotatable bonds is 3. The number of halogens is 1. The van der Waals surface area contributed by atoms with E-state index in [9.17, 15) is 0 Å². The van der Waals surface area contributed by atoms with Crippen molar-refractivity contribution >= 4 is 15.9 Å². The second-order valence-corrected chi connectivity index (χ2v) is 7.30. The van der Waals surface area contributed by atoms with Gasteiger partial charge in [0, 0.05) is 18.2 Å². The normalized spacial score (nSPS) is 25.9. The third-order valence-electron chi connectivity index (χ3n) is 5.10. The lowest BCUT2D eigenvalue weighted by atomic mass is 9.84. The molecular formula is C17H25BrN2O. The summed E-state index contributed by atoms with van der Waals surface area (Å²) in [7, 11) is 4.00. The van der Waals surface area contributed by atoms with Gasteiger partial charge in [0.1, 0.15) is 5.75 Å².